The number of nitrogens with two attached hydrogens (primary N) is 1. The lowest BCUT2D eigenvalue weighted by molar-refractivity contribution is -0.384. The molecule has 1 fully saturated rings. The van der Waals surface area contributed by atoms with Gasteiger partial charge >= 0.3 is 0 Å². The Morgan fingerprint density at radius 2 is 2.14 bits per heavy atom. The van der Waals surface area contributed by atoms with Crippen LogP contribution in [-0.4, -0.2) is 22.0 Å². The first-order valence-electron chi connectivity index (χ1n) is 7.00. The summed E-state index contributed by atoms with van der Waals surface area (Å²) in [5.74, 6) is -0.352. The summed E-state index contributed by atoms with van der Waals surface area (Å²) >= 11 is 0. The van der Waals surface area contributed by atoms with Gasteiger partial charge in [0.1, 0.15) is 5.75 Å². The highest BCUT2D eigenvalue weighted by molar-refractivity contribution is 5.92. The summed E-state index contributed by atoms with van der Waals surface area (Å²) in [7, 11) is 0. The second-order valence-electron chi connectivity index (χ2n) is 5.42. The second-order valence-corrected chi connectivity index (χ2v) is 5.42. The molecule has 0 radical (unpaired) electrons. The molecule has 2 rings (SSSR count). The fourth-order valence-electron chi connectivity index (χ4n) is 2.67. The van der Waals surface area contributed by atoms with Crippen LogP contribution in [0.5, 0.6) is 5.75 Å². The summed E-state index contributed by atoms with van der Waals surface area (Å²) in [6.45, 7) is 0. The Labute approximate surface area is 122 Å². The Bertz CT molecular complexity index is 547. The van der Waals surface area contributed by atoms with Gasteiger partial charge in [-0.2, -0.15) is 0 Å². The first kappa shape index (κ1) is 15.2. The maximum absolute atomic E-state index is 12.0. The molecule has 1 aromatic carbocycles. The minimum absolute atomic E-state index is 0.0169. The molecule has 2 atom stereocenters. The quantitative estimate of drug-likeness (QED) is 0.446. The third kappa shape index (κ3) is 3.91. The van der Waals surface area contributed by atoms with E-state index < -0.39 is 4.92 Å². The van der Waals surface area contributed by atoms with Gasteiger partial charge in [0, 0.05) is 24.6 Å². The van der Waals surface area contributed by atoms with Crippen LogP contribution in [0.15, 0.2) is 18.2 Å². The number of phenols is 1. The molecule has 7 nitrogen and oxygen atoms in total. The molecule has 21 heavy (non-hydrogen) atoms. The molecule has 1 amide bonds. The van der Waals surface area contributed by atoms with E-state index in [4.69, 9.17) is 5.73 Å². The van der Waals surface area contributed by atoms with Gasteiger partial charge in [0.05, 0.1) is 10.6 Å². The largest absolute Gasteiger partial charge is 0.506 e. The smallest absolute Gasteiger partial charge is 0.271 e. The number of phenolic OH excluding ortho intramolecular Hbond substituents is 1. The Morgan fingerprint density at radius 1 is 1.43 bits per heavy atom. The Hall–Kier alpha value is -2.15. The Kier molecular flexibility index (Phi) is 4.74. The predicted molar refractivity (Wildman–Crippen MR) is 77.9 cm³/mol. The van der Waals surface area contributed by atoms with Gasteiger partial charge in [0.25, 0.3) is 5.69 Å². The monoisotopic (exact) mass is 293 g/mol. The number of nitro benzene ring substituents is 1. The van der Waals surface area contributed by atoms with Crippen LogP contribution in [0.25, 0.3) is 0 Å². The molecule has 114 valence electrons. The van der Waals surface area contributed by atoms with Crippen LogP contribution >= 0.6 is 0 Å². The lowest BCUT2D eigenvalue weighted by atomic mass is 9.83. The van der Waals surface area contributed by atoms with Crippen molar-refractivity contribution in [2.75, 3.05) is 5.32 Å². The average molecular weight is 293 g/mol. The molecule has 0 bridgehead atoms. The minimum Gasteiger partial charge on any atom is -0.506 e. The fourth-order valence-corrected chi connectivity index (χ4v) is 2.67. The fraction of sp³-hybridized carbons (Fsp3) is 0.500. The van der Waals surface area contributed by atoms with Crippen LogP contribution in [0.2, 0.25) is 0 Å². The van der Waals surface area contributed by atoms with Gasteiger partial charge in [-0.15, -0.1) is 0 Å². The van der Waals surface area contributed by atoms with Gasteiger partial charge < -0.3 is 16.2 Å². The van der Waals surface area contributed by atoms with Crippen LogP contribution in [0.3, 0.4) is 0 Å². The molecule has 0 saturated heterocycles. The molecular formula is C14H19N3O4. The van der Waals surface area contributed by atoms with Crippen molar-refractivity contribution in [2.24, 2.45) is 11.7 Å². The number of amides is 1. The molecule has 4 N–H and O–H groups in total. The number of carbonyl (C=O) groups excluding carboxylic acids is 1. The molecule has 2 unspecified atom stereocenters. The highest BCUT2D eigenvalue weighted by Crippen LogP contribution is 2.29. The third-order valence-electron chi connectivity index (χ3n) is 3.88. The molecule has 1 aliphatic carbocycles. The van der Waals surface area contributed by atoms with Crippen molar-refractivity contribution >= 4 is 17.3 Å². The van der Waals surface area contributed by atoms with E-state index in [0.29, 0.717) is 0 Å². The van der Waals surface area contributed by atoms with E-state index in [1.54, 1.807) is 0 Å². The van der Waals surface area contributed by atoms with E-state index in [0.717, 1.165) is 31.7 Å². The second kappa shape index (κ2) is 6.53. The first-order valence-corrected chi connectivity index (χ1v) is 7.00. The number of nitrogens with zero attached hydrogens (tertiary/aromatic N) is 1. The number of hydrogen-bond donors (Lipinski definition) is 3. The van der Waals surface area contributed by atoms with E-state index in [-0.39, 0.29) is 41.4 Å². The van der Waals surface area contributed by atoms with Crippen LogP contribution in [0.1, 0.15) is 32.1 Å². The zero-order chi connectivity index (χ0) is 15.4. The van der Waals surface area contributed by atoms with E-state index in [1.165, 1.54) is 12.1 Å². The van der Waals surface area contributed by atoms with E-state index >= 15 is 0 Å². The van der Waals surface area contributed by atoms with E-state index in [2.05, 4.69) is 5.32 Å². The van der Waals surface area contributed by atoms with Gasteiger partial charge in [-0.1, -0.05) is 12.8 Å². The maximum Gasteiger partial charge on any atom is 0.271 e. The van der Waals surface area contributed by atoms with Crippen molar-refractivity contribution in [3.8, 4) is 5.75 Å². The number of benzene rings is 1. The van der Waals surface area contributed by atoms with Crippen molar-refractivity contribution in [2.45, 2.75) is 38.1 Å². The molecule has 0 heterocycles. The van der Waals surface area contributed by atoms with E-state index in [1.807, 2.05) is 0 Å². The predicted octanol–water partition coefficient (Wildman–Crippen LogP) is 2.15. The molecule has 1 saturated carbocycles. The molecule has 0 aliphatic heterocycles. The maximum atomic E-state index is 12.0. The van der Waals surface area contributed by atoms with Crippen LogP contribution in [0, 0.1) is 16.0 Å². The van der Waals surface area contributed by atoms with Crippen LogP contribution < -0.4 is 11.1 Å². The topological polar surface area (TPSA) is 118 Å². The number of non-ortho nitro benzene ring substituents is 1. The standard InChI is InChI=1S/C14H19N3O4/c15-11-4-2-1-3-9(11)7-14(19)16-12-8-10(17(20)21)5-6-13(12)18/h5-6,8-9,11,18H,1-4,7,15H2,(H,16,19). The van der Waals surface area contributed by atoms with Crippen molar-refractivity contribution in [1.82, 2.24) is 0 Å². The number of rotatable bonds is 4. The molecule has 7 heteroatoms. The number of carbonyl (C=O) groups is 1. The van der Waals surface area contributed by atoms with Crippen LogP contribution in [-0.2, 0) is 4.79 Å². The van der Waals surface area contributed by atoms with Gasteiger partial charge in [-0.3, -0.25) is 14.9 Å². The van der Waals surface area contributed by atoms with Gasteiger partial charge in [-0.25, -0.2) is 0 Å². The zero-order valence-electron chi connectivity index (χ0n) is 11.6. The Morgan fingerprint density at radius 3 is 2.81 bits per heavy atom. The zero-order valence-corrected chi connectivity index (χ0v) is 11.6. The van der Waals surface area contributed by atoms with Gasteiger partial charge in [-0.05, 0) is 24.8 Å². The number of nitro groups is 1. The average Bonchev–Trinajstić information content (AvgIpc) is 2.43. The Balaban J connectivity index is 2.02. The number of anilines is 1. The first-order chi connectivity index (χ1) is 9.97. The van der Waals surface area contributed by atoms with Gasteiger partial charge in [0.2, 0.25) is 5.91 Å². The number of hydrogen-bond acceptors (Lipinski definition) is 5. The van der Waals surface area contributed by atoms with Gasteiger partial charge in [0.15, 0.2) is 0 Å². The lowest BCUT2D eigenvalue weighted by Crippen LogP contribution is -2.35. The van der Waals surface area contributed by atoms with Crippen LogP contribution in [0.4, 0.5) is 11.4 Å². The summed E-state index contributed by atoms with van der Waals surface area (Å²) in [4.78, 5) is 22.1. The molecule has 1 aliphatic rings. The number of aromatic hydroxyl groups is 1. The summed E-state index contributed by atoms with van der Waals surface area (Å²) in [5.41, 5.74) is 5.87. The molecule has 0 spiro atoms. The summed E-state index contributed by atoms with van der Waals surface area (Å²) < 4.78 is 0. The highest BCUT2D eigenvalue weighted by atomic mass is 16.6. The molecular weight excluding hydrogens is 274 g/mol. The highest BCUT2D eigenvalue weighted by Gasteiger charge is 2.24. The summed E-state index contributed by atoms with van der Waals surface area (Å²) in [6.07, 6.45) is 4.25. The van der Waals surface area contributed by atoms with Crippen molar-refractivity contribution in [3.05, 3.63) is 28.3 Å². The minimum atomic E-state index is -0.577. The van der Waals surface area contributed by atoms with Crippen molar-refractivity contribution in [3.63, 3.8) is 0 Å². The van der Waals surface area contributed by atoms with Crippen molar-refractivity contribution in [1.29, 1.82) is 0 Å². The normalized spacial score (nSPS) is 21.8. The summed E-state index contributed by atoms with van der Waals surface area (Å²) in [5, 5.41) is 22.9. The molecule has 0 aromatic heterocycles. The van der Waals surface area contributed by atoms with E-state index in [9.17, 15) is 20.0 Å². The molecule has 1 aromatic rings. The SMILES string of the molecule is NC1CCCCC1CC(=O)Nc1cc([N+](=O)[O-])ccc1O. The third-order valence-corrected chi connectivity index (χ3v) is 3.88. The lowest BCUT2D eigenvalue weighted by Gasteiger charge is -2.27. The summed E-state index contributed by atoms with van der Waals surface area (Å²) in [6, 6.07) is 3.54. The number of nitrogens with one attached hydrogen (secondary N) is 1. The van der Waals surface area contributed by atoms with Crippen molar-refractivity contribution < 1.29 is 14.8 Å².